The average Bonchev–Trinajstić information content (AvgIpc) is 2.87. The van der Waals surface area contributed by atoms with Gasteiger partial charge in [-0.05, 0) is 61.4 Å². The highest BCUT2D eigenvalue weighted by molar-refractivity contribution is 9.10. The van der Waals surface area contributed by atoms with Gasteiger partial charge in [-0.1, -0.05) is 66.0 Å². The smallest absolute Gasteiger partial charge is 0.280 e. The van der Waals surface area contributed by atoms with Crippen LogP contribution < -0.4 is 19.6 Å². The van der Waals surface area contributed by atoms with Crippen molar-refractivity contribution in [3.05, 3.63) is 88.4 Å². The molecule has 35 heavy (non-hydrogen) atoms. The third-order valence-electron chi connectivity index (χ3n) is 5.11. The Balaban J connectivity index is 1.50. The lowest BCUT2D eigenvalue weighted by Gasteiger charge is -2.14. The van der Waals surface area contributed by atoms with E-state index in [1.54, 1.807) is 25.3 Å². The fourth-order valence-electron chi connectivity index (χ4n) is 3.16. The molecule has 3 rings (SSSR count). The number of hydrazone groups is 1. The van der Waals surface area contributed by atoms with Crippen molar-refractivity contribution in [3.63, 3.8) is 0 Å². The van der Waals surface area contributed by atoms with Gasteiger partial charge >= 0.3 is 0 Å². The molecule has 0 spiro atoms. The van der Waals surface area contributed by atoms with Crippen LogP contribution >= 0.6 is 15.9 Å². The summed E-state index contributed by atoms with van der Waals surface area (Å²) in [6.07, 6.45) is 4.18. The molecule has 6 nitrogen and oxygen atoms in total. The summed E-state index contributed by atoms with van der Waals surface area (Å²) in [4.78, 5) is 12.5. The quantitative estimate of drug-likeness (QED) is 0.153. The first kappa shape index (κ1) is 26.3. The molecule has 0 aliphatic carbocycles. The Kier molecular flexibility index (Phi) is 10.6. The zero-order valence-corrected chi connectivity index (χ0v) is 21.7. The van der Waals surface area contributed by atoms with E-state index in [0.29, 0.717) is 24.7 Å². The summed E-state index contributed by atoms with van der Waals surface area (Å²) in [7, 11) is 0. The fourth-order valence-corrected chi connectivity index (χ4v) is 3.54. The maximum absolute atomic E-state index is 12.5. The zero-order chi connectivity index (χ0) is 24.9. The molecule has 0 saturated carbocycles. The van der Waals surface area contributed by atoms with Crippen molar-refractivity contribution in [2.45, 2.75) is 45.8 Å². The standard InChI is InChI=1S/C28H31BrN2O4/c1-3-4-8-17-33-25-12-14-26(15-13-25)35-21(2)28(32)31-30-19-23-18-24(29)11-16-27(23)34-20-22-9-6-5-7-10-22/h5-7,9-16,18-19,21H,3-4,8,17,20H2,1-2H3,(H,31,32)/b30-19-/t21-/m1/s1. The maximum atomic E-state index is 12.5. The molecular formula is C28H31BrN2O4. The van der Waals surface area contributed by atoms with Crippen molar-refractivity contribution in [2.24, 2.45) is 5.10 Å². The number of carbonyl (C=O) groups excluding carboxylic acids is 1. The Hall–Kier alpha value is -3.32. The Bertz CT molecular complexity index is 1090. The molecule has 0 aliphatic heterocycles. The molecule has 1 amide bonds. The average molecular weight is 539 g/mol. The van der Waals surface area contributed by atoms with Crippen LogP contribution in [-0.4, -0.2) is 24.8 Å². The molecule has 0 bridgehead atoms. The van der Waals surface area contributed by atoms with Gasteiger partial charge < -0.3 is 14.2 Å². The first-order chi connectivity index (χ1) is 17.0. The molecule has 184 valence electrons. The van der Waals surface area contributed by atoms with Gasteiger partial charge in [0.05, 0.1) is 12.8 Å². The summed E-state index contributed by atoms with van der Waals surface area (Å²) in [5.41, 5.74) is 4.33. The highest BCUT2D eigenvalue weighted by atomic mass is 79.9. The molecule has 0 unspecified atom stereocenters. The molecule has 7 heteroatoms. The summed E-state index contributed by atoms with van der Waals surface area (Å²) < 4.78 is 18.3. The van der Waals surface area contributed by atoms with E-state index in [0.717, 1.165) is 40.6 Å². The van der Waals surface area contributed by atoms with E-state index in [9.17, 15) is 4.79 Å². The number of nitrogens with zero attached hydrogens (tertiary/aromatic N) is 1. The summed E-state index contributed by atoms with van der Waals surface area (Å²) in [6, 6.07) is 22.8. The summed E-state index contributed by atoms with van der Waals surface area (Å²) in [6.45, 7) is 4.97. The number of benzene rings is 3. The number of carbonyl (C=O) groups is 1. The van der Waals surface area contributed by atoms with Crippen molar-refractivity contribution in [3.8, 4) is 17.2 Å². The molecule has 0 aliphatic rings. The molecule has 1 N–H and O–H groups in total. The van der Waals surface area contributed by atoms with E-state index in [1.807, 2.05) is 60.7 Å². The molecule has 0 radical (unpaired) electrons. The lowest BCUT2D eigenvalue weighted by Crippen LogP contribution is -2.33. The number of unbranched alkanes of at least 4 members (excludes halogenated alkanes) is 2. The Morgan fingerprint density at radius 1 is 1.00 bits per heavy atom. The van der Waals surface area contributed by atoms with Gasteiger partial charge in [-0.2, -0.15) is 5.10 Å². The molecule has 3 aromatic carbocycles. The van der Waals surface area contributed by atoms with Crippen molar-refractivity contribution in [1.29, 1.82) is 0 Å². The van der Waals surface area contributed by atoms with Crippen LogP contribution in [0.15, 0.2) is 82.4 Å². The van der Waals surface area contributed by atoms with Crippen LogP contribution in [0.25, 0.3) is 0 Å². The fraction of sp³-hybridized carbons (Fsp3) is 0.286. The van der Waals surface area contributed by atoms with Crippen molar-refractivity contribution < 1.29 is 19.0 Å². The second-order valence-electron chi connectivity index (χ2n) is 7.98. The number of hydrogen-bond donors (Lipinski definition) is 1. The summed E-state index contributed by atoms with van der Waals surface area (Å²) >= 11 is 3.47. The normalized spacial score (nSPS) is 11.7. The monoisotopic (exact) mass is 538 g/mol. The second kappa shape index (κ2) is 14.2. The van der Waals surface area contributed by atoms with Crippen LogP contribution in [0.3, 0.4) is 0 Å². The lowest BCUT2D eigenvalue weighted by molar-refractivity contribution is -0.127. The number of ether oxygens (including phenoxy) is 3. The van der Waals surface area contributed by atoms with E-state index < -0.39 is 6.10 Å². The van der Waals surface area contributed by atoms with Gasteiger partial charge in [-0.15, -0.1) is 0 Å². The molecule has 0 aromatic heterocycles. The van der Waals surface area contributed by atoms with Gasteiger partial charge in [0.25, 0.3) is 5.91 Å². The van der Waals surface area contributed by atoms with Gasteiger partial charge in [0, 0.05) is 10.0 Å². The Morgan fingerprint density at radius 2 is 1.74 bits per heavy atom. The van der Waals surface area contributed by atoms with E-state index in [4.69, 9.17) is 14.2 Å². The molecule has 3 aromatic rings. The predicted octanol–water partition coefficient (Wildman–Crippen LogP) is 6.51. The van der Waals surface area contributed by atoms with Gasteiger partial charge in [0.2, 0.25) is 0 Å². The van der Waals surface area contributed by atoms with Crippen molar-refractivity contribution >= 4 is 28.1 Å². The lowest BCUT2D eigenvalue weighted by atomic mass is 10.2. The molecule has 0 fully saturated rings. The minimum atomic E-state index is -0.722. The van der Waals surface area contributed by atoms with Crippen LogP contribution in [0.1, 0.15) is 44.2 Å². The predicted molar refractivity (Wildman–Crippen MR) is 142 cm³/mol. The first-order valence-electron chi connectivity index (χ1n) is 11.7. The van der Waals surface area contributed by atoms with E-state index in [1.165, 1.54) is 0 Å². The highest BCUT2D eigenvalue weighted by Crippen LogP contribution is 2.23. The van der Waals surface area contributed by atoms with Gasteiger partial charge in [-0.25, -0.2) is 5.43 Å². The first-order valence-corrected chi connectivity index (χ1v) is 12.5. The largest absolute Gasteiger partial charge is 0.494 e. The number of rotatable bonds is 13. The molecule has 1 atom stereocenters. The molecule has 0 saturated heterocycles. The minimum absolute atomic E-state index is 0.358. The zero-order valence-electron chi connectivity index (χ0n) is 20.1. The van der Waals surface area contributed by atoms with E-state index in [2.05, 4.69) is 33.4 Å². The van der Waals surface area contributed by atoms with E-state index in [-0.39, 0.29) is 5.91 Å². The topological polar surface area (TPSA) is 69.2 Å². The van der Waals surface area contributed by atoms with Crippen LogP contribution in [0.4, 0.5) is 0 Å². The van der Waals surface area contributed by atoms with Gasteiger partial charge in [0.1, 0.15) is 23.9 Å². The Morgan fingerprint density at radius 3 is 2.49 bits per heavy atom. The van der Waals surface area contributed by atoms with Gasteiger partial charge in [-0.3, -0.25) is 4.79 Å². The molecule has 0 heterocycles. The van der Waals surface area contributed by atoms with Crippen LogP contribution in [-0.2, 0) is 11.4 Å². The summed E-state index contributed by atoms with van der Waals surface area (Å²) in [5.74, 6) is 1.68. The number of halogens is 1. The van der Waals surface area contributed by atoms with Crippen molar-refractivity contribution in [1.82, 2.24) is 5.43 Å². The molecular weight excluding hydrogens is 508 g/mol. The SMILES string of the molecule is CCCCCOc1ccc(O[C@H](C)C(=O)N/N=C\c2cc(Br)ccc2OCc2ccccc2)cc1. The maximum Gasteiger partial charge on any atom is 0.280 e. The van der Waals surface area contributed by atoms with Crippen molar-refractivity contribution in [2.75, 3.05) is 6.61 Å². The third-order valence-corrected chi connectivity index (χ3v) is 5.60. The number of nitrogens with one attached hydrogen (secondary N) is 1. The minimum Gasteiger partial charge on any atom is -0.494 e. The third kappa shape index (κ3) is 9.09. The number of hydrogen-bond acceptors (Lipinski definition) is 5. The Labute approximate surface area is 215 Å². The highest BCUT2D eigenvalue weighted by Gasteiger charge is 2.14. The van der Waals surface area contributed by atoms with Crippen LogP contribution in [0, 0.1) is 0 Å². The van der Waals surface area contributed by atoms with Gasteiger partial charge in [0.15, 0.2) is 6.10 Å². The van der Waals surface area contributed by atoms with E-state index >= 15 is 0 Å². The van der Waals surface area contributed by atoms with Crippen LogP contribution in [0.5, 0.6) is 17.2 Å². The summed E-state index contributed by atoms with van der Waals surface area (Å²) in [5, 5.41) is 4.10. The van der Waals surface area contributed by atoms with Crippen LogP contribution in [0.2, 0.25) is 0 Å². The second-order valence-corrected chi connectivity index (χ2v) is 8.89. The number of amides is 1.